The normalized spacial score (nSPS) is 11.7. The first-order valence-electron chi connectivity index (χ1n) is 8.69. The van der Waals surface area contributed by atoms with Crippen molar-refractivity contribution < 1.29 is 19.4 Å². The highest BCUT2D eigenvalue weighted by atomic mass is 35.5. The van der Waals surface area contributed by atoms with Gasteiger partial charge in [-0.25, -0.2) is 0 Å². The van der Waals surface area contributed by atoms with Crippen LogP contribution < -0.4 is 10.5 Å². The molecular weight excluding hydrogens is 403 g/mol. The van der Waals surface area contributed by atoms with Crippen molar-refractivity contribution >= 4 is 35.1 Å². The number of ether oxygens (including phenoxy) is 1. The zero-order chi connectivity index (χ0) is 20.7. The van der Waals surface area contributed by atoms with E-state index in [1.807, 2.05) is 18.2 Å². The van der Waals surface area contributed by atoms with Crippen molar-refractivity contribution in [2.75, 3.05) is 20.2 Å². The third-order valence-electron chi connectivity index (χ3n) is 4.08. The van der Waals surface area contributed by atoms with Crippen molar-refractivity contribution in [1.82, 2.24) is 4.90 Å². The second-order valence-corrected chi connectivity index (χ2v) is 7.15. The monoisotopic (exact) mass is 424 g/mol. The van der Waals surface area contributed by atoms with Gasteiger partial charge in [0.05, 0.1) is 16.7 Å². The SMILES string of the molecule is CN(CCCOc1c(Cl)cc(CC(N)C(=O)O)cc1Cl)C(=O)c1ccccc1. The second-order valence-electron chi connectivity index (χ2n) is 6.33. The predicted octanol–water partition coefficient (Wildman–Crippen LogP) is 3.49. The quantitative estimate of drug-likeness (QED) is 0.600. The van der Waals surface area contributed by atoms with Crippen molar-refractivity contribution in [3.8, 4) is 5.75 Å². The summed E-state index contributed by atoms with van der Waals surface area (Å²) >= 11 is 12.4. The Bertz CT molecular complexity index is 807. The molecule has 1 atom stereocenters. The third-order valence-corrected chi connectivity index (χ3v) is 4.64. The molecule has 0 radical (unpaired) electrons. The van der Waals surface area contributed by atoms with E-state index in [4.69, 9.17) is 38.8 Å². The van der Waals surface area contributed by atoms with E-state index < -0.39 is 12.0 Å². The number of aliphatic carboxylic acids is 1. The molecule has 0 aliphatic carbocycles. The lowest BCUT2D eigenvalue weighted by atomic mass is 10.1. The van der Waals surface area contributed by atoms with Crippen molar-refractivity contribution in [2.24, 2.45) is 5.73 Å². The lowest BCUT2D eigenvalue weighted by molar-refractivity contribution is -0.138. The minimum absolute atomic E-state index is 0.0595. The molecule has 0 fully saturated rings. The largest absolute Gasteiger partial charge is 0.490 e. The van der Waals surface area contributed by atoms with Gasteiger partial charge in [0.1, 0.15) is 6.04 Å². The molecule has 0 spiro atoms. The Kier molecular flexibility index (Phi) is 8.11. The molecule has 1 amide bonds. The maximum atomic E-state index is 12.3. The van der Waals surface area contributed by atoms with Crippen molar-refractivity contribution in [3.63, 3.8) is 0 Å². The fourth-order valence-electron chi connectivity index (χ4n) is 2.59. The van der Waals surface area contributed by atoms with Gasteiger partial charge in [0.25, 0.3) is 5.91 Å². The molecule has 0 heterocycles. The van der Waals surface area contributed by atoms with Gasteiger partial charge in [0.2, 0.25) is 0 Å². The molecule has 0 saturated heterocycles. The predicted molar refractivity (Wildman–Crippen MR) is 109 cm³/mol. The third kappa shape index (κ3) is 6.12. The van der Waals surface area contributed by atoms with E-state index in [0.717, 1.165) is 0 Å². The maximum absolute atomic E-state index is 12.3. The average molecular weight is 425 g/mol. The number of benzene rings is 2. The fraction of sp³-hybridized carbons (Fsp3) is 0.300. The highest BCUT2D eigenvalue weighted by Gasteiger charge is 2.16. The van der Waals surface area contributed by atoms with E-state index in [9.17, 15) is 9.59 Å². The number of carboxylic acids is 1. The van der Waals surface area contributed by atoms with Gasteiger partial charge in [0.15, 0.2) is 5.75 Å². The van der Waals surface area contributed by atoms with Crippen molar-refractivity contribution in [1.29, 1.82) is 0 Å². The van der Waals surface area contributed by atoms with Gasteiger partial charge < -0.3 is 20.5 Å². The molecule has 0 aromatic heterocycles. The van der Waals surface area contributed by atoms with Crippen LogP contribution in [0.3, 0.4) is 0 Å². The molecule has 1 unspecified atom stereocenters. The second kappa shape index (κ2) is 10.3. The number of carboxylic acid groups (broad SMARTS) is 1. The van der Waals surface area contributed by atoms with Crippen LogP contribution in [0.2, 0.25) is 10.0 Å². The van der Waals surface area contributed by atoms with Crippen LogP contribution in [-0.4, -0.2) is 48.1 Å². The Morgan fingerprint density at radius 3 is 2.36 bits per heavy atom. The molecule has 0 saturated carbocycles. The zero-order valence-electron chi connectivity index (χ0n) is 15.4. The Balaban J connectivity index is 1.87. The summed E-state index contributed by atoms with van der Waals surface area (Å²) in [6.07, 6.45) is 0.703. The number of carbonyl (C=O) groups is 2. The smallest absolute Gasteiger partial charge is 0.320 e. The number of hydrogen-bond acceptors (Lipinski definition) is 4. The molecule has 0 aliphatic heterocycles. The number of amides is 1. The molecule has 6 nitrogen and oxygen atoms in total. The molecule has 2 aromatic carbocycles. The number of nitrogens with zero attached hydrogens (tertiary/aromatic N) is 1. The summed E-state index contributed by atoms with van der Waals surface area (Å²) in [4.78, 5) is 24.8. The molecule has 3 N–H and O–H groups in total. The first kappa shape index (κ1) is 22.0. The van der Waals surface area contributed by atoms with Gasteiger partial charge >= 0.3 is 5.97 Å². The van der Waals surface area contributed by atoms with E-state index in [-0.39, 0.29) is 22.4 Å². The molecule has 0 aliphatic rings. The summed E-state index contributed by atoms with van der Waals surface area (Å²) in [7, 11) is 1.73. The van der Waals surface area contributed by atoms with Crippen LogP contribution in [0.5, 0.6) is 5.75 Å². The van der Waals surface area contributed by atoms with Gasteiger partial charge in [-0.05, 0) is 42.7 Å². The minimum Gasteiger partial charge on any atom is -0.490 e. The summed E-state index contributed by atoms with van der Waals surface area (Å²) in [6.45, 7) is 0.828. The van der Waals surface area contributed by atoms with Gasteiger partial charge in [-0.3, -0.25) is 9.59 Å². The number of hydrogen-bond donors (Lipinski definition) is 2. The summed E-state index contributed by atoms with van der Waals surface area (Å²) in [5, 5.41) is 9.46. The van der Waals surface area contributed by atoms with E-state index in [0.29, 0.717) is 36.4 Å². The Hall–Kier alpha value is -2.28. The summed E-state index contributed by atoms with van der Waals surface area (Å²) in [5.74, 6) is -0.828. The standard InChI is InChI=1S/C20H22Cl2N2O4/c1-24(19(25)14-6-3-2-4-7-14)8-5-9-28-18-15(21)10-13(11-16(18)22)12-17(23)20(26)27/h2-4,6-7,10-11,17H,5,8-9,12,23H2,1H3,(H,26,27). The van der Waals surface area contributed by atoms with Crippen LogP contribution in [0.25, 0.3) is 0 Å². The van der Waals surface area contributed by atoms with E-state index in [2.05, 4.69) is 0 Å². The fourth-order valence-corrected chi connectivity index (χ4v) is 3.23. The lowest BCUT2D eigenvalue weighted by Gasteiger charge is -2.18. The highest BCUT2D eigenvalue weighted by molar-refractivity contribution is 6.37. The number of halogens is 2. The van der Waals surface area contributed by atoms with Crippen LogP contribution in [0, 0.1) is 0 Å². The van der Waals surface area contributed by atoms with Crippen LogP contribution in [0.1, 0.15) is 22.3 Å². The van der Waals surface area contributed by atoms with Crippen LogP contribution in [0.15, 0.2) is 42.5 Å². The molecular formula is C20H22Cl2N2O4. The summed E-state index contributed by atoms with van der Waals surface area (Å²) in [6, 6.07) is 11.2. The van der Waals surface area contributed by atoms with Gasteiger partial charge in [-0.2, -0.15) is 0 Å². The molecule has 28 heavy (non-hydrogen) atoms. The zero-order valence-corrected chi connectivity index (χ0v) is 16.9. The first-order valence-corrected chi connectivity index (χ1v) is 9.44. The molecule has 150 valence electrons. The summed E-state index contributed by atoms with van der Waals surface area (Å²) < 4.78 is 5.66. The maximum Gasteiger partial charge on any atom is 0.320 e. The van der Waals surface area contributed by atoms with Crippen LogP contribution >= 0.6 is 23.2 Å². The van der Waals surface area contributed by atoms with Crippen molar-refractivity contribution in [2.45, 2.75) is 18.9 Å². The number of carbonyl (C=O) groups excluding carboxylic acids is 1. The van der Waals surface area contributed by atoms with Crippen LogP contribution in [-0.2, 0) is 11.2 Å². The first-order chi connectivity index (χ1) is 13.3. The Morgan fingerprint density at radius 2 is 1.79 bits per heavy atom. The van der Waals surface area contributed by atoms with Crippen LogP contribution in [0.4, 0.5) is 0 Å². The van der Waals surface area contributed by atoms with E-state index in [1.54, 1.807) is 36.2 Å². The molecule has 8 heteroatoms. The Morgan fingerprint density at radius 1 is 1.18 bits per heavy atom. The van der Waals surface area contributed by atoms with E-state index in [1.165, 1.54) is 0 Å². The van der Waals surface area contributed by atoms with E-state index >= 15 is 0 Å². The van der Waals surface area contributed by atoms with Crippen molar-refractivity contribution in [3.05, 3.63) is 63.6 Å². The number of nitrogens with two attached hydrogens (primary N) is 1. The lowest BCUT2D eigenvalue weighted by Crippen LogP contribution is -2.32. The molecule has 0 bridgehead atoms. The van der Waals surface area contributed by atoms with Gasteiger partial charge in [0, 0.05) is 19.2 Å². The average Bonchev–Trinajstić information content (AvgIpc) is 2.66. The highest BCUT2D eigenvalue weighted by Crippen LogP contribution is 2.34. The minimum atomic E-state index is -1.10. The van der Waals surface area contributed by atoms with Gasteiger partial charge in [-0.15, -0.1) is 0 Å². The Labute approximate surface area is 173 Å². The molecule has 2 rings (SSSR count). The topological polar surface area (TPSA) is 92.9 Å². The van der Waals surface area contributed by atoms with Gasteiger partial charge in [-0.1, -0.05) is 41.4 Å². The summed E-state index contributed by atoms with van der Waals surface area (Å²) in [5.41, 5.74) is 6.78. The number of rotatable bonds is 9. The molecule has 2 aromatic rings.